The monoisotopic (exact) mass is 265 g/mol. The van der Waals surface area contributed by atoms with Crippen LogP contribution >= 0.6 is 0 Å². The van der Waals surface area contributed by atoms with Crippen LogP contribution in [0, 0.1) is 6.92 Å². The number of nitrogens with one attached hydrogen (secondary N) is 1. The number of benzene rings is 1. The summed E-state index contributed by atoms with van der Waals surface area (Å²) in [6.07, 6.45) is 0.873. The van der Waals surface area contributed by atoms with Crippen molar-refractivity contribution in [2.45, 2.75) is 46.3 Å². The van der Waals surface area contributed by atoms with Crippen molar-refractivity contribution in [1.29, 1.82) is 0 Å². The highest BCUT2D eigenvalue weighted by Crippen LogP contribution is 2.24. The minimum absolute atomic E-state index is 0.134. The van der Waals surface area contributed by atoms with E-state index in [4.69, 9.17) is 9.47 Å². The Labute approximate surface area is 117 Å². The third-order valence-electron chi connectivity index (χ3n) is 3.36. The molecule has 1 rings (SSSR count). The number of hydrogen-bond donors (Lipinski definition) is 1. The summed E-state index contributed by atoms with van der Waals surface area (Å²) in [7, 11) is 1.74. The summed E-state index contributed by atoms with van der Waals surface area (Å²) in [5.41, 5.74) is 2.27. The van der Waals surface area contributed by atoms with E-state index in [1.165, 1.54) is 11.1 Å². The molecular formula is C16H27NO2. The first-order valence-electron chi connectivity index (χ1n) is 6.97. The van der Waals surface area contributed by atoms with Gasteiger partial charge in [-0.15, -0.1) is 0 Å². The predicted octanol–water partition coefficient (Wildman–Crippen LogP) is 3.30. The van der Waals surface area contributed by atoms with Gasteiger partial charge in [0.05, 0.1) is 12.2 Å². The van der Waals surface area contributed by atoms with Crippen molar-refractivity contribution in [2.24, 2.45) is 0 Å². The van der Waals surface area contributed by atoms with Crippen LogP contribution in [0.2, 0.25) is 0 Å². The van der Waals surface area contributed by atoms with Gasteiger partial charge in [0.25, 0.3) is 0 Å². The van der Waals surface area contributed by atoms with E-state index in [2.05, 4.69) is 51.2 Å². The van der Waals surface area contributed by atoms with Gasteiger partial charge in [0.15, 0.2) is 0 Å². The van der Waals surface area contributed by atoms with Crippen molar-refractivity contribution in [3.63, 3.8) is 0 Å². The number of hydrogen-bond acceptors (Lipinski definition) is 3. The third-order valence-corrected chi connectivity index (χ3v) is 3.36. The molecule has 19 heavy (non-hydrogen) atoms. The Morgan fingerprint density at radius 2 is 2.00 bits per heavy atom. The van der Waals surface area contributed by atoms with Gasteiger partial charge in [0.1, 0.15) is 5.75 Å². The van der Waals surface area contributed by atoms with E-state index in [9.17, 15) is 0 Å². The Balaban J connectivity index is 2.65. The smallest absolute Gasteiger partial charge is 0.126 e. The summed E-state index contributed by atoms with van der Waals surface area (Å²) >= 11 is 0. The Hall–Kier alpha value is -1.06. The van der Waals surface area contributed by atoms with Crippen LogP contribution in [-0.2, 0) is 11.3 Å². The molecule has 1 N–H and O–H groups in total. The van der Waals surface area contributed by atoms with Crippen LogP contribution in [-0.4, -0.2) is 25.9 Å². The Morgan fingerprint density at radius 3 is 2.63 bits per heavy atom. The van der Waals surface area contributed by atoms with Gasteiger partial charge in [-0.2, -0.15) is 0 Å². The summed E-state index contributed by atoms with van der Waals surface area (Å²) in [5.74, 6) is 1.01. The van der Waals surface area contributed by atoms with Crippen LogP contribution in [0.5, 0.6) is 5.75 Å². The van der Waals surface area contributed by atoms with Crippen molar-refractivity contribution in [3.05, 3.63) is 29.3 Å². The van der Waals surface area contributed by atoms with E-state index in [0.29, 0.717) is 6.61 Å². The molecule has 0 saturated carbocycles. The highest BCUT2D eigenvalue weighted by atomic mass is 16.5. The van der Waals surface area contributed by atoms with Crippen molar-refractivity contribution in [2.75, 3.05) is 20.3 Å². The Kier molecular flexibility index (Phi) is 6.32. The van der Waals surface area contributed by atoms with Gasteiger partial charge in [-0.1, -0.05) is 25.1 Å². The van der Waals surface area contributed by atoms with E-state index in [1.54, 1.807) is 7.11 Å². The molecule has 0 spiro atoms. The van der Waals surface area contributed by atoms with Crippen LogP contribution < -0.4 is 10.1 Å². The minimum atomic E-state index is -0.134. The number of rotatable bonds is 8. The molecule has 0 fully saturated rings. The molecule has 3 nitrogen and oxygen atoms in total. The maximum absolute atomic E-state index is 5.98. The molecule has 0 radical (unpaired) electrons. The van der Waals surface area contributed by atoms with Crippen molar-refractivity contribution in [3.8, 4) is 5.75 Å². The van der Waals surface area contributed by atoms with Crippen molar-refractivity contribution < 1.29 is 9.47 Å². The standard InChI is InChI=1S/C16H27NO2/c1-6-17-12-14-9-7-8-13(2)15(14)19-11-10-16(3,4)18-5/h7-9,17H,6,10-12H2,1-5H3. The Morgan fingerprint density at radius 1 is 1.26 bits per heavy atom. The Bertz CT molecular complexity index is 388. The number of ether oxygens (including phenoxy) is 2. The minimum Gasteiger partial charge on any atom is -0.493 e. The predicted molar refractivity (Wildman–Crippen MR) is 79.8 cm³/mol. The van der Waals surface area contributed by atoms with Gasteiger partial charge in [0, 0.05) is 25.6 Å². The van der Waals surface area contributed by atoms with Gasteiger partial charge in [-0.3, -0.25) is 0 Å². The van der Waals surface area contributed by atoms with Gasteiger partial charge in [0.2, 0.25) is 0 Å². The molecule has 0 saturated heterocycles. The molecule has 1 aromatic carbocycles. The topological polar surface area (TPSA) is 30.5 Å². The van der Waals surface area contributed by atoms with E-state index >= 15 is 0 Å². The second-order valence-corrected chi connectivity index (χ2v) is 5.41. The lowest BCUT2D eigenvalue weighted by Gasteiger charge is -2.23. The lowest BCUT2D eigenvalue weighted by molar-refractivity contribution is 0.00531. The van der Waals surface area contributed by atoms with Gasteiger partial charge >= 0.3 is 0 Å². The molecular weight excluding hydrogens is 238 g/mol. The van der Waals surface area contributed by atoms with Crippen molar-refractivity contribution >= 4 is 0 Å². The molecule has 0 atom stereocenters. The van der Waals surface area contributed by atoms with Crippen LogP contribution in [0.25, 0.3) is 0 Å². The second-order valence-electron chi connectivity index (χ2n) is 5.41. The first-order valence-corrected chi connectivity index (χ1v) is 6.97. The lowest BCUT2D eigenvalue weighted by Crippen LogP contribution is -2.25. The molecule has 0 heterocycles. The highest BCUT2D eigenvalue weighted by molar-refractivity contribution is 5.40. The summed E-state index contributed by atoms with van der Waals surface area (Å²) < 4.78 is 11.4. The fourth-order valence-corrected chi connectivity index (χ4v) is 1.82. The van der Waals surface area contributed by atoms with Gasteiger partial charge in [-0.05, 0) is 32.9 Å². The number of para-hydroxylation sites is 1. The van der Waals surface area contributed by atoms with Gasteiger partial charge < -0.3 is 14.8 Å². The molecule has 1 aromatic rings. The SMILES string of the molecule is CCNCc1cccc(C)c1OCCC(C)(C)OC. The molecule has 0 aliphatic rings. The highest BCUT2D eigenvalue weighted by Gasteiger charge is 2.16. The zero-order valence-corrected chi connectivity index (χ0v) is 12.9. The molecule has 108 valence electrons. The van der Waals surface area contributed by atoms with E-state index < -0.39 is 0 Å². The summed E-state index contributed by atoms with van der Waals surface area (Å²) in [6.45, 7) is 10.8. The number of methoxy groups -OCH3 is 1. The average molecular weight is 265 g/mol. The molecule has 0 aromatic heterocycles. The summed E-state index contributed by atoms with van der Waals surface area (Å²) in [5, 5.41) is 3.35. The second kappa shape index (κ2) is 7.51. The fraction of sp³-hybridized carbons (Fsp3) is 0.625. The quantitative estimate of drug-likeness (QED) is 0.782. The normalized spacial score (nSPS) is 11.6. The van der Waals surface area contributed by atoms with Crippen LogP contribution in [0.15, 0.2) is 18.2 Å². The van der Waals surface area contributed by atoms with Crippen molar-refractivity contribution in [1.82, 2.24) is 5.32 Å². The van der Waals surface area contributed by atoms with E-state index in [1.807, 2.05) is 0 Å². The lowest BCUT2D eigenvalue weighted by atomic mass is 10.1. The first kappa shape index (κ1) is 16.0. The molecule has 0 bridgehead atoms. The number of aryl methyl sites for hydroxylation is 1. The maximum Gasteiger partial charge on any atom is 0.126 e. The first-order chi connectivity index (χ1) is 9.00. The molecule has 0 aliphatic carbocycles. The molecule has 0 unspecified atom stereocenters. The largest absolute Gasteiger partial charge is 0.493 e. The van der Waals surface area contributed by atoms with Crippen LogP contribution in [0.1, 0.15) is 38.3 Å². The maximum atomic E-state index is 5.98. The van der Waals surface area contributed by atoms with Crippen LogP contribution in [0.4, 0.5) is 0 Å². The zero-order valence-electron chi connectivity index (χ0n) is 12.9. The fourth-order valence-electron chi connectivity index (χ4n) is 1.82. The average Bonchev–Trinajstić information content (AvgIpc) is 2.38. The summed E-state index contributed by atoms with van der Waals surface area (Å²) in [4.78, 5) is 0. The van der Waals surface area contributed by atoms with E-state index in [0.717, 1.165) is 25.3 Å². The molecule has 3 heteroatoms. The summed E-state index contributed by atoms with van der Waals surface area (Å²) in [6, 6.07) is 6.28. The van der Waals surface area contributed by atoms with Gasteiger partial charge in [-0.25, -0.2) is 0 Å². The van der Waals surface area contributed by atoms with E-state index in [-0.39, 0.29) is 5.60 Å². The van der Waals surface area contributed by atoms with Crippen LogP contribution in [0.3, 0.4) is 0 Å². The zero-order chi connectivity index (χ0) is 14.3. The molecule has 0 aliphatic heterocycles. The molecule has 0 amide bonds. The third kappa shape index (κ3) is 5.21.